The molecule has 0 aliphatic carbocycles. The topological polar surface area (TPSA) is 107 Å². The van der Waals surface area contributed by atoms with Gasteiger partial charge in [0, 0.05) is 36.8 Å². The van der Waals surface area contributed by atoms with Crippen LogP contribution in [0.15, 0.2) is 36.5 Å². The van der Waals surface area contributed by atoms with Crippen LogP contribution in [0.2, 0.25) is 0 Å². The van der Waals surface area contributed by atoms with E-state index >= 15 is 0 Å². The highest BCUT2D eigenvalue weighted by Gasteiger charge is 2.28. The molecule has 2 aromatic rings. The maximum atomic E-state index is 12.9. The number of hydrogen-bond donors (Lipinski definition) is 1. The molecule has 1 aliphatic heterocycles. The Balaban J connectivity index is 1.60. The van der Waals surface area contributed by atoms with E-state index in [1.165, 1.54) is 39.7 Å². The van der Waals surface area contributed by atoms with Gasteiger partial charge in [0.15, 0.2) is 0 Å². The van der Waals surface area contributed by atoms with Gasteiger partial charge in [-0.1, -0.05) is 0 Å². The van der Waals surface area contributed by atoms with Crippen molar-refractivity contribution < 1.29 is 28.6 Å². The number of aromatic nitrogens is 1. The van der Waals surface area contributed by atoms with Gasteiger partial charge in [0.1, 0.15) is 17.3 Å². The maximum Gasteiger partial charge on any atom is 0.338 e. The summed E-state index contributed by atoms with van der Waals surface area (Å²) in [6.07, 6.45) is 2.48. The molecule has 0 saturated carbocycles. The molecule has 3 rings (SSSR count). The largest absolute Gasteiger partial charge is 0.497 e. The van der Waals surface area contributed by atoms with E-state index in [2.05, 4.69) is 15.0 Å². The molecular formula is C22H25N3O6. The average molecular weight is 427 g/mol. The number of benzene rings is 1. The Kier molecular flexibility index (Phi) is 7.07. The zero-order valence-electron chi connectivity index (χ0n) is 17.7. The first-order valence-corrected chi connectivity index (χ1v) is 9.82. The van der Waals surface area contributed by atoms with Crippen molar-refractivity contribution in [2.24, 2.45) is 5.92 Å². The van der Waals surface area contributed by atoms with E-state index in [1.54, 1.807) is 23.1 Å². The molecular weight excluding hydrogens is 402 g/mol. The van der Waals surface area contributed by atoms with Gasteiger partial charge in [0.25, 0.3) is 5.91 Å². The van der Waals surface area contributed by atoms with Gasteiger partial charge in [0.2, 0.25) is 5.91 Å². The van der Waals surface area contributed by atoms with Crippen LogP contribution in [0, 0.1) is 5.92 Å². The Hall–Kier alpha value is -3.62. The van der Waals surface area contributed by atoms with Crippen LogP contribution < -0.4 is 14.8 Å². The van der Waals surface area contributed by atoms with Crippen molar-refractivity contribution in [1.29, 1.82) is 0 Å². The fraction of sp³-hybridized carbons (Fsp3) is 0.364. The summed E-state index contributed by atoms with van der Waals surface area (Å²) in [6.45, 7) is 0.901. The number of nitrogens with one attached hydrogen (secondary N) is 1. The summed E-state index contributed by atoms with van der Waals surface area (Å²) in [4.78, 5) is 43.0. The van der Waals surface area contributed by atoms with Crippen molar-refractivity contribution in [3.63, 3.8) is 0 Å². The molecule has 2 amide bonds. The standard InChI is InChI=1S/C22H25N3O6/c1-29-17-10-16(11-18(13-17)30-2)21(27)25-8-5-14(6-9-25)20(26)24-19-12-15(4-7-23-19)22(28)31-3/h4,7,10-14H,5-6,8-9H2,1-3H3,(H,23,24,26). The zero-order valence-corrected chi connectivity index (χ0v) is 17.7. The number of carbonyl (C=O) groups is 3. The number of piperidine rings is 1. The highest BCUT2D eigenvalue weighted by molar-refractivity contribution is 5.96. The SMILES string of the molecule is COC(=O)c1ccnc(NC(=O)C2CCN(C(=O)c3cc(OC)cc(OC)c3)CC2)c1. The fourth-order valence-electron chi connectivity index (χ4n) is 3.43. The summed E-state index contributed by atoms with van der Waals surface area (Å²) < 4.78 is 15.1. The second-order valence-electron chi connectivity index (χ2n) is 7.08. The molecule has 9 heteroatoms. The van der Waals surface area contributed by atoms with Crippen LogP contribution in [0.5, 0.6) is 11.5 Å². The summed E-state index contributed by atoms with van der Waals surface area (Å²) in [5.41, 5.74) is 0.782. The second-order valence-corrected chi connectivity index (χ2v) is 7.08. The van der Waals surface area contributed by atoms with Crippen LogP contribution in [0.1, 0.15) is 33.6 Å². The minimum atomic E-state index is -0.501. The number of pyridine rings is 1. The maximum absolute atomic E-state index is 12.9. The Bertz CT molecular complexity index is 947. The highest BCUT2D eigenvalue weighted by atomic mass is 16.5. The predicted molar refractivity (Wildman–Crippen MR) is 112 cm³/mol. The number of likely N-dealkylation sites (tertiary alicyclic amines) is 1. The van der Waals surface area contributed by atoms with Crippen molar-refractivity contribution >= 4 is 23.6 Å². The van der Waals surface area contributed by atoms with Gasteiger partial charge in [-0.05, 0) is 37.1 Å². The third-order valence-corrected chi connectivity index (χ3v) is 5.18. The molecule has 2 heterocycles. The monoisotopic (exact) mass is 427 g/mol. The van der Waals surface area contributed by atoms with E-state index in [4.69, 9.17) is 9.47 Å². The third kappa shape index (κ3) is 5.30. The molecule has 31 heavy (non-hydrogen) atoms. The zero-order chi connectivity index (χ0) is 22.4. The van der Waals surface area contributed by atoms with Gasteiger partial charge < -0.3 is 24.4 Å². The van der Waals surface area contributed by atoms with E-state index in [-0.39, 0.29) is 23.6 Å². The van der Waals surface area contributed by atoms with Gasteiger partial charge in [0.05, 0.1) is 26.9 Å². The normalized spacial score (nSPS) is 14.0. The van der Waals surface area contributed by atoms with Crippen LogP contribution in [0.3, 0.4) is 0 Å². The number of ether oxygens (including phenoxy) is 3. The van der Waals surface area contributed by atoms with Crippen molar-refractivity contribution in [2.75, 3.05) is 39.7 Å². The second kappa shape index (κ2) is 9.92. The highest BCUT2D eigenvalue weighted by Crippen LogP contribution is 2.26. The number of carbonyl (C=O) groups excluding carboxylic acids is 3. The molecule has 0 spiro atoms. The molecule has 1 aromatic carbocycles. The lowest BCUT2D eigenvalue weighted by Crippen LogP contribution is -2.41. The van der Waals surface area contributed by atoms with Crippen LogP contribution in [0.4, 0.5) is 5.82 Å². The Morgan fingerprint density at radius 3 is 2.19 bits per heavy atom. The first-order chi connectivity index (χ1) is 14.9. The van der Waals surface area contributed by atoms with Crippen molar-refractivity contribution in [3.05, 3.63) is 47.7 Å². The summed E-state index contributed by atoms with van der Waals surface area (Å²) in [5.74, 6) is 0.284. The Labute approximate surface area is 180 Å². The molecule has 9 nitrogen and oxygen atoms in total. The minimum Gasteiger partial charge on any atom is -0.497 e. The van der Waals surface area contributed by atoms with Gasteiger partial charge in [-0.2, -0.15) is 0 Å². The number of esters is 1. The van der Waals surface area contributed by atoms with E-state index in [1.807, 2.05) is 0 Å². The summed E-state index contributed by atoms with van der Waals surface area (Å²) in [6, 6.07) is 8.03. The van der Waals surface area contributed by atoms with Crippen molar-refractivity contribution in [2.45, 2.75) is 12.8 Å². The molecule has 1 aliphatic rings. The first kappa shape index (κ1) is 22.1. The van der Waals surface area contributed by atoms with E-state index in [9.17, 15) is 14.4 Å². The van der Waals surface area contributed by atoms with Gasteiger partial charge in [-0.15, -0.1) is 0 Å². The lowest BCUT2D eigenvalue weighted by atomic mass is 9.95. The van der Waals surface area contributed by atoms with Crippen LogP contribution >= 0.6 is 0 Å². The first-order valence-electron chi connectivity index (χ1n) is 9.82. The predicted octanol–water partition coefficient (Wildman–Crippen LogP) is 2.38. The number of anilines is 1. The van der Waals surface area contributed by atoms with E-state index in [0.29, 0.717) is 48.6 Å². The van der Waals surface area contributed by atoms with Gasteiger partial charge in [-0.3, -0.25) is 9.59 Å². The summed E-state index contributed by atoms with van der Waals surface area (Å²) in [5, 5.41) is 2.74. The van der Waals surface area contributed by atoms with Gasteiger partial charge in [-0.25, -0.2) is 9.78 Å². The number of methoxy groups -OCH3 is 3. The fourth-order valence-corrected chi connectivity index (χ4v) is 3.43. The average Bonchev–Trinajstić information content (AvgIpc) is 2.82. The van der Waals surface area contributed by atoms with Crippen LogP contribution in [-0.2, 0) is 9.53 Å². The smallest absolute Gasteiger partial charge is 0.338 e. The number of rotatable bonds is 6. The molecule has 0 unspecified atom stereocenters. The van der Waals surface area contributed by atoms with Gasteiger partial charge >= 0.3 is 5.97 Å². The van der Waals surface area contributed by atoms with E-state index < -0.39 is 5.97 Å². The van der Waals surface area contributed by atoms with Crippen molar-refractivity contribution in [3.8, 4) is 11.5 Å². The molecule has 1 N–H and O–H groups in total. The molecule has 1 fully saturated rings. The molecule has 1 aromatic heterocycles. The molecule has 0 radical (unpaired) electrons. The van der Waals surface area contributed by atoms with Crippen LogP contribution in [-0.4, -0.2) is 62.1 Å². The molecule has 1 saturated heterocycles. The van der Waals surface area contributed by atoms with Crippen molar-refractivity contribution in [1.82, 2.24) is 9.88 Å². The lowest BCUT2D eigenvalue weighted by Gasteiger charge is -2.31. The van der Waals surface area contributed by atoms with Crippen LogP contribution in [0.25, 0.3) is 0 Å². The lowest BCUT2D eigenvalue weighted by molar-refractivity contribution is -0.121. The Morgan fingerprint density at radius 2 is 1.61 bits per heavy atom. The number of amides is 2. The van der Waals surface area contributed by atoms with E-state index in [0.717, 1.165) is 0 Å². The minimum absolute atomic E-state index is 0.136. The summed E-state index contributed by atoms with van der Waals surface area (Å²) >= 11 is 0. The molecule has 164 valence electrons. The number of hydrogen-bond acceptors (Lipinski definition) is 7. The molecule has 0 bridgehead atoms. The summed E-state index contributed by atoms with van der Waals surface area (Å²) in [7, 11) is 4.35. The quantitative estimate of drug-likeness (QED) is 0.705. The Morgan fingerprint density at radius 1 is 0.968 bits per heavy atom. The third-order valence-electron chi connectivity index (χ3n) is 5.18. The molecule has 0 atom stereocenters. The number of nitrogens with zero attached hydrogens (tertiary/aromatic N) is 2.